The Morgan fingerprint density at radius 2 is 1.97 bits per heavy atom. The normalized spacial score (nSPS) is 11.1. The Bertz CT molecular complexity index is 1400. The average molecular weight is 407 g/mol. The van der Waals surface area contributed by atoms with E-state index >= 15 is 0 Å². The number of benzene rings is 2. The minimum Gasteiger partial charge on any atom is -0.366 e. The molecule has 5 aromatic rings. The summed E-state index contributed by atoms with van der Waals surface area (Å²) < 4.78 is 4.19. The molecule has 152 valence electrons. The van der Waals surface area contributed by atoms with Crippen LogP contribution < -0.4 is 5.73 Å². The highest BCUT2D eigenvalue weighted by atomic mass is 16.1. The molecule has 31 heavy (non-hydrogen) atoms. The van der Waals surface area contributed by atoms with Gasteiger partial charge in [-0.1, -0.05) is 13.0 Å². The van der Waals surface area contributed by atoms with Gasteiger partial charge in [0.15, 0.2) is 0 Å². The zero-order valence-corrected chi connectivity index (χ0v) is 17.1. The van der Waals surface area contributed by atoms with Crippen LogP contribution >= 0.6 is 0 Å². The number of carbonyl (C=O) groups is 1. The molecule has 0 bridgehead atoms. The summed E-state index contributed by atoms with van der Waals surface area (Å²) >= 11 is 0. The summed E-state index contributed by atoms with van der Waals surface area (Å²) in [5.41, 5.74) is 12.1. The molecule has 6 nitrogen and oxygen atoms in total. The number of fused-ring (bicyclic) bond motifs is 1. The number of amides is 1. The Kier molecular flexibility index (Phi) is 4.59. The number of aryl methyl sites for hydroxylation is 1. The van der Waals surface area contributed by atoms with E-state index in [4.69, 9.17) is 5.73 Å². The summed E-state index contributed by atoms with van der Waals surface area (Å²) in [5.74, 6) is -0.412. The van der Waals surface area contributed by atoms with Crippen molar-refractivity contribution in [2.75, 3.05) is 0 Å². The SMILES string of the molecule is CCc1cc(C(N)=O)ccc1-n1ccc2c(-n3cnc(-c4cccnc4)c3)cccc21. The largest absolute Gasteiger partial charge is 0.366 e. The summed E-state index contributed by atoms with van der Waals surface area (Å²) in [4.78, 5) is 20.3. The third-order valence-corrected chi connectivity index (χ3v) is 5.53. The standard InChI is InChI=1S/C25H21N5O/c1-2-17-13-18(25(26)31)8-9-22(17)30-12-10-20-23(6-3-7-24(20)30)29-15-21(28-16-29)19-5-4-11-27-14-19/h3-16H,2H2,1H3,(H2,26,31). The fourth-order valence-electron chi connectivity index (χ4n) is 3.96. The van der Waals surface area contributed by atoms with Gasteiger partial charge >= 0.3 is 0 Å². The molecule has 0 aliphatic heterocycles. The molecule has 0 fully saturated rings. The van der Waals surface area contributed by atoms with Gasteiger partial charge < -0.3 is 14.9 Å². The number of hydrogen-bond acceptors (Lipinski definition) is 3. The topological polar surface area (TPSA) is 78.7 Å². The monoisotopic (exact) mass is 407 g/mol. The molecule has 3 heterocycles. The molecule has 1 amide bonds. The highest BCUT2D eigenvalue weighted by Gasteiger charge is 2.13. The Morgan fingerprint density at radius 1 is 1.06 bits per heavy atom. The summed E-state index contributed by atoms with van der Waals surface area (Å²) in [6.07, 6.45) is 10.3. The van der Waals surface area contributed by atoms with Gasteiger partial charge in [0.25, 0.3) is 0 Å². The maximum absolute atomic E-state index is 11.6. The second-order valence-corrected chi connectivity index (χ2v) is 7.36. The Balaban J connectivity index is 1.61. The number of imidazole rings is 1. The van der Waals surface area contributed by atoms with E-state index in [0.29, 0.717) is 5.56 Å². The number of aromatic nitrogens is 4. The number of nitrogens with two attached hydrogens (primary N) is 1. The Morgan fingerprint density at radius 3 is 2.74 bits per heavy atom. The van der Waals surface area contributed by atoms with Crippen molar-refractivity contribution in [2.45, 2.75) is 13.3 Å². The summed E-state index contributed by atoms with van der Waals surface area (Å²) in [6.45, 7) is 2.08. The van der Waals surface area contributed by atoms with Gasteiger partial charge in [-0.15, -0.1) is 0 Å². The smallest absolute Gasteiger partial charge is 0.248 e. The van der Waals surface area contributed by atoms with Crippen LogP contribution in [-0.2, 0) is 6.42 Å². The molecule has 2 aromatic carbocycles. The molecule has 0 aliphatic rings. The van der Waals surface area contributed by atoms with E-state index in [1.165, 1.54) is 0 Å². The molecule has 5 rings (SSSR count). The number of primary amides is 1. The summed E-state index contributed by atoms with van der Waals surface area (Å²) in [7, 11) is 0. The van der Waals surface area contributed by atoms with Crippen molar-refractivity contribution >= 4 is 16.8 Å². The van der Waals surface area contributed by atoms with Crippen molar-refractivity contribution in [3.8, 4) is 22.6 Å². The first-order chi connectivity index (χ1) is 15.2. The van der Waals surface area contributed by atoms with Gasteiger partial charge in [-0.05, 0) is 60.5 Å². The van der Waals surface area contributed by atoms with Gasteiger partial charge in [0, 0.05) is 47.0 Å². The van der Waals surface area contributed by atoms with E-state index in [1.807, 2.05) is 53.6 Å². The third kappa shape index (κ3) is 3.28. The van der Waals surface area contributed by atoms with Crippen LogP contribution in [0.4, 0.5) is 0 Å². The predicted molar refractivity (Wildman–Crippen MR) is 122 cm³/mol. The molecule has 0 aliphatic carbocycles. The first kappa shape index (κ1) is 18.8. The maximum Gasteiger partial charge on any atom is 0.248 e. The first-order valence-corrected chi connectivity index (χ1v) is 10.1. The van der Waals surface area contributed by atoms with Gasteiger partial charge in [0.1, 0.15) is 0 Å². The lowest BCUT2D eigenvalue weighted by atomic mass is 10.1. The zero-order chi connectivity index (χ0) is 21.4. The minimum atomic E-state index is -0.412. The van der Waals surface area contributed by atoms with Crippen molar-refractivity contribution in [1.82, 2.24) is 19.1 Å². The van der Waals surface area contributed by atoms with E-state index in [1.54, 1.807) is 12.3 Å². The lowest BCUT2D eigenvalue weighted by Crippen LogP contribution is -2.12. The maximum atomic E-state index is 11.6. The molecule has 0 saturated carbocycles. The summed E-state index contributed by atoms with van der Waals surface area (Å²) in [5, 5.41) is 1.11. The van der Waals surface area contributed by atoms with Crippen molar-refractivity contribution in [1.29, 1.82) is 0 Å². The van der Waals surface area contributed by atoms with Crippen LogP contribution in [0.2, 0.25) is 0 Å². The molecule has 0 spiro atoms. The van der Waals surface area contributed by atoms with E-state index in [2.05, 4.69) is 45.9 Å². The molecule has 6 heteroatoms. The van der Waals surface area contributed by atoms with Crippen molar-refractivity contribution < 1.29 is 4.79 Å². The first-order valence-electron chi connectivity index (χ1n) is 10.1. The van der Waals surface area contributed by atoms with E-state index in [-0.39, 0.29) is 0 Å². The molecule has 0 atom stereocenters. The number of nitrogens with zero attached hydrogens (tertiary/aromatic N) is 4. The molecule has 0 saturated heterocycles. The van der Waals surface area contributed by atoms with Gasteiger partial charge in [-0.25, -0.2) is 4.98 Å². The second-order valence-electron chi connectivity index (χ2n) is 7.36. The average Bonchev–Trinajstić information content (AvgIpc) is 3.47. The summed E-state index contributed by atoms with van der Waals surface area (Å²) in [6, 6.07) is 17.9. The van der Waals surface area contributed by atoms with Gasteiger partial charge in [0.2, 0.25) is 5.91 Å². The highest BCUT2D eigenvalue weighted by Crippen LogP contribution is 2.29. The molecule has 0 unspecified atom stereocenters. The van der Waals surface area contributed by atoms with Gasteiger partial charge in [0.05, 0.1) is 23.2 Å². The van der Waals surface area contributed by atoms with E-state index in [9.17, 15) is 4.79 Å². The van der Waals surface area contributed by atoms with Crippen LogP contribution in [-0.4, -0.2) is 25.0 Å². The van der Waals surface area contributed by atoms with Crippen LogP contribution in [0.3, 0.4) is 0 Å². The Labute approximate surface area is 179 Å². The van der Waals surface area contributed by atoms with Crippen LogP contribution in [0.5, 0.6) is 0 Å². The van der Waals surface area contributed by atoms with Crippen LogP contribution in [0.1, 0.15) is 22.8 Å². The van der Waals surface area contributed by atoms with E-state index < -0.39 is 5.91 Å². The molecular weight excluding hydrogens is 386 g/mol. The third-order valence-electron chi connectivity index (χ3n) is 5.53. The lowest BCUT2D eigenvalue weighted by molar-refractivity contribution is 0.1000. The molecule has 2 N–H and O–H groups in total. The van der Waals surface area contributed by atoms with Crippen LogP contribution in [0.15, 0.2) is 85.7 Å². The van der Waals surface area contributed by atoms with Crippen molar-refractivity contribution in [3.05, 3.63) is 96.8 Å². The van der Waals surface area contributed by atoms with Gasteiger partial charge in [-0.2, -0.15) is 0 Å². The molecule has 3 aromatic heterocycles. The lowest BCUT2D eigenvalue weighted by Gasteiger charge is -2.13. The van der Waals surface area contributed by atoms with Gasteiger partial charge in [-0.3, -0.25) is 9.78 Å². The molecular formula is C25H21N5O. The van der Waals surface area contributed by atoms with Crippen molar-refractivity contribution in [2.24, 2.45) is 5.73 Å². The zero-order valence-electron chi connectivity index (χ0n) is 17.1. The molecule has 0 radical (unpaired) electrons. The van der Waals surface area contributed by atoms with E-state index in [0.717, 1.165) is 45.5 Å². The number of rotatable bonds is 5. The second kappa shape index (κ2) is 7.57. The predicted octanol–water partition coefficient (Wildman–Crippen LogP) is 4.54. The number of pyridine rings is 1. The van der Waals surface area contributed by atoms with Crippen LogP contribution in [0.25, 0.3) is 33.5 Å². The Hall–Kier alpha value is -4.19. The fourth-order valence-corrected chi connectivity index (χ4v) is 3.96. The van der Waals surface area contributed by atoms with Crippen molar-refractivity contribution in [3.63, 3.8) is 0 Å². The highest BCUT2D eigenvalue weighted by molar-refractivity contribution is 5.94. The number of hydrogen-bond donors (Lipinski definition) is 1. The van der Waals surface area contributed by atoms with Crippen LogP contribution in [0, 0.1) is 0 Å². The quantitative estimate of drug-likeness (QED) is 0.465. The number of carbonyl (C=O) groups excluding carboxylic acids is 1. The minimum absolute atomic E-state index is 0.412. The fraction of sp³-hybridized carbons (Fsp3) is 0.0800.